The van der Waals surface area contributed by atoms with Gasteiger partial charge in [-0.25, -0.2) is 0 Å². The van der Waals surface area contributed by atoms with Crippen LogP contribution >= 0.6 is 0 Å². The fraction of sp³-hybridized carbons (Fsp3) is 0.145. The van der Waals surface area contributed by atoms with Gasteiger partial charge in [0.1, 0.15) is 0 Å². The number of rotatable bonds is 8. The predicted molar refractivity (Wildman–Crippen MR) is 256 cm³/mol. The summed E-state index contributed by atoms with van der Waals surface area (Å²) in [5.74, 6) is 8.80. The van der Waals surface area contributed by atoms with Crippen LogP contribution in [0, 0.1) is 25.0 Å². The zero-order chi connectivity index (χ0) is 42.1. The Morgan fingerprint density at radius 3 is 2.11 bits per heavy atom. The van der Waals surface area contributed by atoms with E-state index >= 15 is 0 Å². The number of hydrogen-bond donors (Lipinski definition) is 0. The van der Waals surface area contributed by atoms with Gasteiger partial charge in [-0.05, 0) is 41.0 Å². The molecule has 7 heteroatoms. The third-order valence-corrected chi connectivity index (χ3v) is 15.5. The van der Waals surface area contributed by atoms with Gasteiger partial charge in [-0.15, -0.1) is 35.9 Å². The number of imidazole rings is 1. The van der Waals surface area contributed by atoms with E-state index in [1.165, 1.54) is 26.6 Å². The van der Waals surface area contributed by atoms with E-state index in [1.807, 2.05) is 49.5 Å². The van der Waals surface area contributed by atoms with Crippen molar-refractivity contribution in [2.45, 2.75) is 44.5 Å². The van der Waals surface area contributed by atoms with Crippen molar-refractivity contribution < 1.29 is 24.5 Å². The number of hydrogen-bond acceptors (Lipinski definition) is 4. The van der Waals surface area contributed by atoms with Crippen molar-refractivity contribution >= 4 is 50.6 Å². The van der Waals surface area contributed by atoms with Crippen molar-refractivity contribution in [2.24, 2.45) is 5.92 Å². The zero-order valence-electron chi connectivity index (χ0n) is 35.9. The van der Waals surface area contributed by atoms with Crippen molar-refractivity contribution in [1.82, 2.24) is 19.5 Å². The van der Waals surface area contributed by atoms with Gasteiger partial charge in [-0.3, -0.25) is 4.98 Å². The molecule has 0 N–H and O–H groups in total. The van der Waals surface area contributed by atoms with Gasteiger partial charge in [-0.1, -0.05) is 78.9 Å². The summed E-state index contributed by atoms with van der Waals surface area (Å²) in [4.78, 5) is 14.2. The standard InChI is InChI=1S/C31H21N2.C24H27GeN2O.Ir/c1-4-12-23(13-5-1)26-20-21-29(27(22-26)24-14-6-2-7-15-24)33-30-19-11-10-18-28(30)32-31(33)25-16-8-3-9-17-25;1-15(2)12-17-13-22(27-14-21(17)25(4,5)6)20-9-7-8-18-19-10-11-26-16(3)23(19)28-24(18)20;/h1-16,18-22H;7-8,10-11,13-15H,12H2,1-6H3;/q2*-1;. The van der Waals surface area contributed by atoms with Gasteiger partial charge in [0, 0.05) is 31.4 Å². The summed E-state index contributed by atoms with van der Waals surface area (Å²) >= 11 is -1.99. The molecule has 62 heavy (non-hydrogen) atoms. The Labute approximate surface area is 380 Å². The predicted octanol–water partition coefficient (Wildman–Crippen LogP) is 13.7. The van der Waals surface area contributed by atoms with Gasteiger partial charge in [0.05, 0.1) is 16.9 Å². The maximum atomic E-state index is 6.27. The van der Waals surface area contributed by atoms with Gasteiger partial charge < -0.3 is 4.57 Å². The molecule has 5 nitrogen and oxygen atoms in total. The average Bonchev–Trinajstić information content (AvgIpc) is 3.87. The first kappa shape index (κ1) is 42.8. The van der Waals surface area contributed by atoms with E-state index in [1.54, 1.807) is 0 Å². The van der Waals surface area contributed by atoms with Crippen LogP contribution in [0.1, 0.15) is 25.1 Å². The number of aryl methyl sites for hydroxylation is 1. The molecule has 309 valence electrons. The summed E-state index contributed by atoms with van der Waals surface area (Å²) < 4.78 is 10.0. The molecule has 0 spiro atoms. The maximum Gasteiger partial charge on any atom is 0.0774 e. The molecule has 0 fully saturated rings. The van der Waals surface area contributed by atoms with Crippen LogP contribution in [0.2, 0.25) is 17.3 Å². The van der Waals surface area contributed by atoms with E-state index in [9.17, 15) is 0 Å². The number of pyridine rings is 2. The Hall–Kier alpha value is -5.92. The molecule has 1 radical (unpaired) electrons. The Morgan fingerprint density at radius 1 is 0.677 bits per heavy atom. The molecule has 0 amide bonds. The Morgan fingerprint density at radius 2 is 1.39 bits per heavy atom. The van der Waals surface area contributed by atoms with E-state index < -0.39 is 13.3 Å². The van der Waals surface area contributed by atoms with Crippen molar-refractivity contribution in [1.29, 1.82) is 0 Å². The van der Waals surface area contributed by atoms with Gasteiger partial charge >= 0.3 is 170 Å². The molecule has 0 atom stereocenters. The van der Waals surface area contributed by atoms with Gasteiger partial charge in [-0.2, -0.15) is 0 Å². The molecule has 0 saturated carbocycles. The van der Waals surface area contributed by atoms with E-state index in [4.69, 9.17) is 14.4 Å². The first-order chi connectivity index (χ1) is 29.6. The van der Waals surface area contributed by atoms with Crippen LogP contribution in [0.25, 0.3) is 83.6 Å². The number of aromatic nitrogens is 4. The Kier molecular flexibility index (Phi) is 12.6. The van der Waals surface area contributed by atoms with Crippen LogP contribution in [-0.2, 0) is 26.5 Å². The fourth-order valence-corrected chi connectivity index (χ4v) is 11.6. The van der Waals surface area contributed by atoms with Crippen LogP contribution < -0.4 is 4.40 Å². The van der Waals surface area contributed by atoms with Crippen LogP contribution in [0.4, 0.5) is 0 Å². The smallest absolute Gasteiger partial charge is 0.0774 e. The minimum Gasteiger partial charge on any atom is -0.333 e. The molecular weight excluding hydrogens is 997 g/mol. The molecule has 0 unspecified atom stereocenters. The Balaban J connectivity index is 0.000000170. The monoisotopic (exact) mass is 1050 g/mol. The topological polar surface area (TPSA) is 56.7 Å². The van der Waals surface area contributed by atoms with Crippen LogP contribution in [0.3, 0.4) is 0 Å². The quantitative estimate of drug-likeness (QED) is 0.112. The first-order valence-corrected chi connectivity index (χ1v) is 28.4. The van der Waals surface area contributed by atoms with Gasteiger partial charge in [0.2, 0.25) is 0 Å². The molecule has 10 aromatic rings. The third kappa shape index (κ3) is 8.60. The molecule has 0 bridgehead atoms. The van der Waals surface area contributed by atoms with E-state index in [0.29, 0.717) is 5.92 Å². The largest absolute Gasteiger partial charge is 0.333 e. The summed E-state index contributed by atoms with van der Waals surface area (Å²) in [5.41, 5.74) is 14.8. The summed E-state index contributed by atoms with van der Waals surface area (Å²) in [6.07, 6.45) is 5.04. The summed E-state index contributed by atoms with van der Waals surface area (Å²) in [6.45, 7) is 6.54. The number of fused-ring (bicyclic) bond motifs is 4. The first-order valence-electron chi connectivity index (χ1n) is 21.0. The third-order valence-electron chi connectivity index (χ3n) is 11.1. The van der Waals surface area contributed by atoms with Gasteiger partial charge in [0.15, 0.2) is 0 Å². The summed E-state index contributed by atoms with van der Waals surface area (Å²) in [6, 6.07) is 59.2. The molecule has 0 aliphatic heterocycles. The van der Waals surface area contributed by atoms with E-state index in [-0.39, 0.29) is 20.1 Å². The SMILES string of the molecule is Cc1nccc2c1oc1c(-c3cc(CC(C)C)[c]([Ge]([CH3])([CH3])[CH3])cn3)[c-]ccc12.[Ir].[c-]1ccccc1-c1nc2ccccc2n1-c1ccc(-c2ccccc2)cc1-c1ccccc1. The van der Waals surface area contributed by atoms with Crippen LogP contribution in [0.15, 0.2) is 168 Å². The van der Waals surface area contributed by atoms with Crippen LogP contribution in [0.5, 0.6) is 0 Å². The van der Waals surface area contributed by atoms with Crippen molar-refractivity contribution in [2.75, 3.05) is 0 Å². The Bertz CT molecular complexity index is 3130. The molecular formula is C55H48GeIrN4O-2. The average molecular weight is 1050 g/mol. The molecule has 6 aromatic carbocycles. The van der Waals surface area contributed by atoms with E-state index in [2.05, 4.69) is 174 Å². The normalized spacial score (nSPS) is 11.5. The van der Waals surface area contributed by atoms with Crippen molar-refractivity contribution in [3.8, 4) is 50.6 Å². The van der Waals surface area contributed by atoms with Crippen molar-refractivity contribution in [3.05, 3.63) is 187 Å². The number of benzene rings is 6. The van der Waals surface area contributed by atoms with Crippen LogP contribution in [-0.4, -0.2) is 32.8 Å². The van der Waals surface area contributed by atoms with E-state index in [0.717, 1.165) is 79.0 Å². The summed E-state index contributed by atoms with van der Waals surface area (Å²) in [5, 5.41) is 2.19. The molecule has 0 aliphatic rings. The molecule has 4 aromatic heterocycles. The number of para-hydroxylation sites is 2. The maximum absolute atomic E-state index is 6.27. The molecule has 0 saturated heterocycles. The number of furan rings is 1. The number of nitrogens with zero attached hydrogens (tertiary/aromatic N) is 4. The molecule has 4 heterocycles. The minimum absolute atomic E-state index is 0. The van der Waals surface area contributed by atoms with Crippen molar-refractivity contribution in [3.63, 3.8) is 0 Å². The molecule has 10 rings (SSSR count). The second kappa shape index (κ2) is 18.2. The molecule has 0 aliphatic carbocycles. The summed E-state index contributed by atoms with van der Waals surface area (Å²) in [7, 11) is 0. The van der Waals surface area contributed by atoms with Gasteiger partial charge in [0.25, 0.3) is 0 Å². The second-order valence-electron chi connectivity index (χ2n) is 17.0. The fourth-order valence-electron chi connectivity index (χ4n) is 8.28. The minimum atomic E-state index is -1.99. The zero-order valence-corrected chi connectivity index (χ0v) is 40.4. The second-order valence-corrected chi connectivity index (χ2v) is 27.6.